The van der Waals surface area contributed by atoms with Gasteiger partial charge in [0.15, 0.2) is 4.32 Å². The summed E-state index contributed by atoms with van der Waals surface area (Å²) in [6, 6.07) is 14.2. The van der Waals surface area contributed by atoms with E-state index in [-0.39, 0.29) is 27.3 Å². The molecule has 0 saturated carbocycles. The molecule has 1 saturated heterocycles. The zero-order valence-corrected chi connectivity index (χ0v) is 22.1. The highest BCUT2D eigenvalue weighted by Crippen LogP contribution is 2.38. The largest absolute Gasteiger partial charge is 0.379 e. The van der Waals surface area contributed by atoms with Crippen molar-refractivity contribution in [2.45, 2.75) is 11.8 Å². The fraction of sp³-hybridized carbons (Fsp3) is 0.0435. The normalized spacial score (nSPS) is 15.0. The molecule has 0 N–H and O–H groups in total. The molecule has 0 atom stereocenters. The number of nitrogens with zero attached hydrogens (tertiary/aromatic N) is 2. The molecule has 1 fully saturated rings. The molecule has 4 rings (SSSR count). The summed E-state index contributed by atoms with van der Waals surface area (Å²) >= 11 is 18.5. The van der Waals surface area contributed by atoms with Gasteiger partial charge in [-0.2, -0.15) is 8.42 Å². The first kappa shape index (κ1) is 26.1. The molecule has 0 unspecified atom stereocenters. The summed E-state index contributed by atoms with van der Waals surface area (Å²) < 4.78 is 30.7. The molecule has 1 aliphatic rings. The van der Waals surface area contributed by atoms with Crippen molar-refractivity contribution in [2.24, 2.45) is 0 Å². The monoisotopic (exact) mass is 580 g/mol. The van der Waals surface area contributed by atoms with Gasteiger partial charge in [0.2, 0.25) is 0 Å². The summed E-state index contributed by atoms with van der Waals surface area (Å²) in [5.41, 5.74) is 1.09. The fourth-order valence-electron chi connectivity index (χ4n) is 3.20. The smallest absolute Gasteiger partial charge is 0.339 e. The van der Waals surface area contributed by atoms with Crippen molar-refractivity contribution in [3.8, 4) is 5.75 Å². The molecule has 184 valence electrons. The minimum absolute atomic E-state index is 0.00117. The predicted molar refractivity (Wildman–Crippen MR) is 144 cm³/mol. The Morgan fingerprint density at radius 2 is 1.75 bits per heavy atom. The summed E-state index contributed by atoms with van der Waals surface area (Å²) in [5.74, 6) is -0.342. The van der Waals surface area contributed by atoms with Crippen LogP contribution in [0.25, 0.3) is 6.08 Å². The summed E-state index contributed by atoms with van der Waals surface area (Å²) in [4.78, 5) is 24.8. The second-order valence-electron chi connectivity index (χ2n) is 7.43. The number of nitro benzene ring substituents is 1. The molecule has 0 bridgehead atoms. The minimum Gasteiger partial charge on any atom is -0.379 e. The highest BCUT2D eigenvalue weighted by molar-refractivity contribution is 8.27. The lowest BCUT2D eigenvalue weighted by Gasteiger charge is -2.15. The average Bonchev–Trinajstić information content (AvgIpc) is 3.09. The van der Waals surface area contributed by atoms with Crippen LogP contribution in [0.15, 0.2) is 70.5 Å². The topological polar surface area (TPSA) is 107 Å². The van der Waals surface area contributed by atoms with Crippen LogP contribution in [0.1, 0.15) is 11.1 Å². The van der Waals surface area contributed by atoms with Gasteiger partial charge < -0.3 is 4.18 Å². The van der Waals surface area contributed by atoms with Crippen LogP contribution in [-0.4, -0.2) is 23.6 Å². The third-order valence-electron chi connectivity index (χ3n) is 5.00. The Balaban J connectivity index is 1.53. The average molecular weight is 581 g/mol. The van der Waals surface area contributed by atoms with Crippen molar-refractivity contribution in [3.05, 3.63) is 96.9 Å². The van der Waals surface area contributed by atoms with E-state index in [1.165, 1.54) is 36.1 Å². The zero-order chi connectivity index (χ0) is 26.2. The Hall–Kier alpha value is -2.96. The van der Waals surface area contributed by atoms with Gasteiger partial charge in [0.1, 0.15) is 10.6 Å². The van der Waals surface area contributed by atoms with E-state index < -0.39 is 15.0 Å². The lowest BCUT2D eigenvalue weighted by atomic mass is 10.2. The van der Waals surface area contributed by atoms with Gasteiger partial charge >= 0.3 is 10.1 Å². The molecule has 13 heteroatoms. The first-order valence-electron chi connectivity index (χ1n) is 9.99. The van der Waals surface area contributed by atoms with Crippen molar-refractivity contribution in [1.82, 2.24) is 0 Å². The van der Waals surface area contributed by atoms with Crippen LogP contribution < -0.4 is 9.08 Å². The van der Waals surface area contributed by atoms with E-state index in [1.807, 2.05) is 0 Å². The van der Waals surface area contributed by atoms with Crippen LogP contribution in [0.4, 0.5) is 11.4 Å². The zero-order valence-electron chi connectivity index (χ0n) is 18.2. The Morgan fingerprint density at radius 1 is 1.06 bits per heavy atom. The van der Waals surface area contributed by atoms with Gasteiger partial charge in [0, 0.05) is 11.6 Å². The molecule has 0 radical (unpaired) electrons. The van der Waals surface area contributed by atoms with E-state index in [0.29, 0.717) is 31.1 Å². The number of rotatable bonds is 6. The van der Waals surface area contributed by atoms with Crippen LogP contribution in [0.2, 0.25) is 10.0 Å². The van der Waals surface area contributed by atoms with Crippen LogP contribution in [0.5, 0.6) is 5.75 Å². The third-order valence-corrected chi connectivity index (χ3v) is 8.29. The molecule has 1 amide bonds. The Bertz CT molecular complexity index is 1560. The summed E-state index contributed by atoms with van der Waals surface area (Å²) in [7, 11) is -4.30. The van der Waals surface area contributed by atoms with E-state index in [9.17, 15) is 23.3 Å². The second kappa shape index (κ2) is 10.2. The van der Waals surface area contributed by atoms with Crippen LogP contribution in [0, 0.1) is 17.0 Å². The molecule has 1 aliphatic heterocycles. The number of amides is 1. The molecule has 1 heterocycles. The van der Waals surface area contributed by atoms with E-state index in [4.69, 9.17) is 39.6 Å². The van der Waals surface area contributed by atoms with Gasteiger partial charge in [-0.1, -0.05) is 65.4 Å². The van der Waals surface area contributed by atoms with Crippen molar-refractivity contribution in [1.29, 1.82) is 0 Å². The number of halogens is 2. The number of aryl methyl sites for hydroxylation is 1. The quantitative estimate of drug-likeness (QED) is 0.109. The van der Waals surface area contributed by atoms with Crippen molar-refractivity contribution < 1.29 is 22.3 Å². The molecular weight excluding hydrogens is 567 g/mol. The molecular formula is C23H14Cl2N2O6S3. The molecule has 36 heavy (non-hydrogen) atoms. The number of benzene rings is 3. The maximum atomic E-state index is 12.9. The molecule has 3 aromatic rings. The lowest BCUT2D eigenvalue weighted by molar-refractivity contribution is -0.385. The maximum Gasteiger partial charge on any atom is 0.339 e. The van der Waals surface area contributed by atoms with Crippen LogP contribution in [0.3, 0.4) is 0 Å². The van der Waals surface area contributed by atoms with Crippen LogP contribution >= 0.6 is 47.2 Å². The molecule has 3 aromatic carbocycles. The molecule has 0 aliphatic carbocycles. The number of carbonyl (C=O) groups is 1. The van der Waals surface area contributed by atoms with E-state index in [1.54, 1.807) is 36.4 Å². The summed E-state index contributed by atoms with van der Waals surface area (Å²) in [6.45, 7) is 1.51. The maximum absolute atomic E-state index is 12.9. The fourth-order valence-corrected chi connectivity index (χ4v) is 5.74. The summed E-state index contributed by atoms with van der Waals surface area (Å²) in [6.07, 6.45) is 1.61. The van der Waals surface area contributed by atoms with E-state index >= 15 is 0 Å². The molecule has 0 spiro atoms. The van der Waals surface area contributed by atoms with Gasteiger partial charge in [-0.3, -0.25) is 19.8 Å². The lowest BCUT2D eigenvalue weighted by Crippen LogP contribution is -2.27. The van der Waals surface area contributed by atoms with Gasteiger partial charge in [-0.05, 0) is 55.0 Å². The number of hydrogen-bond donors (Lipinski definition) is 0. The number of thiocarbonyl (C=S) groups is 1. The first-order valence-corrected chi connectivity index (χ1v) is 13.4. The Kier molecular flexibility index (Phi) is 7.39. The summed E-state index contributed by atoms with van der Waals surface area (Å²) in [5, 5.41) is 11.8. The first-order chi connectivity index (χ1) is 17.0. The number of anilines is 1. The van der Waals surface area contributed by atoms with Gasteiger partial charge in [0.05, 0.1) is 25.6 Å². The Labute approximate surface area is 225 Å². The highest BCUT2D eigenvalue weighted by atomic mass is 35.5. The van der Waals surface area contributed by atoms with Gasteiger partial charge in [0.25, 0.3) is 11.6 Å². The minimum atomic E-state index is -4.30. The number of nitro groups is 1. The standard InChI is InChI=1S/C23H14Cl2N2O6S3/c1-13-2-8-17(12-20(13)27(29)30)36(31,32)33-16-6-3-14(4-7-16)10-21-22(28)26(23(34)35-21)15-5-9-18(24)19(25)11-15/h2-12H,1H3/b21-10+. The predicted octanol–water partition coefficient (Wildman–Crippen LogP) is 6.38. The van der Waals surface area contributed by atoms with Gasteiger partial charge in [-0.15, -0.1) is 0 Å². The van der Waals surface area contributed by atoms with E-state index in [2.05, 4.69) is 0 Å². The SMILES string of the molecule is Cc1ccc(S(=O)(=O)Oc2ccc(/C=C3/SC(=S)N(c4ccc(Cl)c(Cl)c4)C3=O)cc2)cc1[N+](=O)[O-]. The Morgan fingerprint density at radius 3 is 2.39 bits per heavy atom. The van der Waals surface area contributed by atoms with Crippen LogP contribution in [-0.2, 0) is 14.9 Å². The van der Waals surface area contributed by atoms with Crippen molar-refractivity contribution in [3.63, 3.8) is 0 Å². The van der Waals surface area contributed by atoms with Gasteiger partial charge in [-0.25, -0.2) is 0 Å². The number of hydrogen-bond acceptors (Lipinski definition) is 8. The number of thioether (sulfide) groups is 1. The third kappa shape index (κ3) is 5.40. The molecule has 0 aromatic heterocycles. The van der Waals surface area contributed by atoms with Crippen molar-refractivity contribution >= 4 is 85.0 Å². The van der Waals surface area contributed by atoms with E-state index in [0.717, 1.165) is 17.8 Å². The van der Waals surface area contributed by atoms with Crippen molar-refractivity contribution in [2.75, 3.05) is 4.90 Å². The highest BCUT2D eigenvalue weighted by Gasteiger charge is 2.33. The molecule has 8 nitrogen and oxygen atoms in total. The number of carbonyl (C=O) groups excluding carboxylic acids is 1. The second-order valence-corrected chi connectivity index (χ2v) is 11.5.